The molecule has 0 fully saturated rings. The Kier molecular flexibility index (Phi) is 7.00. The molecule has 0 bridgehead atoms. The lowest BCUT2D eigenvalue weighted by atomic mass is 9.99. The van der Waals surface area contributed by atoms with E-state index in [1.165, 1.54) is 5.56 Å². The van der Waals surface area contributed by atoms with E-state index in [1.807, 2.05) is 6.07 Å². The smallest absolute Gasteiger partial charge is 0.312 e. The van der Waals surface area contributed by atoms with Gasteiger partial charge in [0.1, 0.15) is 5.82 Å². The van der Waals surface area contributed by atoms with E-state index in [2.05, 4.69) is 27.8 Å². The number of benzene rings is 1. The number of pyridine rings is 1. The van der Waals surface area contributed by atoms with Crippen molar-refractivity contribution in [2.45, 2.75) is 44.4 Å². The Morgan fingerprint density at radius 2 is 1.96 bits per heavy atom. The number of carboxylic acid groups (broad SMARTS) is 1. The van der Waals surface area contributed by atoms with Crippen molar-refractivity contribution >= 4 is 17.7 Å². The lowest BCUT2D eigenvalue weighted by Crippen LogP contribution is -2.31. The molecule has 2 aromatic rings. The molecule has 1 aliphatic heterocycles. The number of fused-ring (bicyclic) bond motifs is 1. The number of unbranched alkanes of at least 4 members (excludes halogenated alkanes) is 1. The molecule has 0 aliphatic carbocycles. The number of aromatic nitrogens is 1. The first kappa shape index (κ1) is 19.9. The third-order valence-corrected chi connectivity index (χ3v) is 5.04. The molecule has 1 atom stereocenters. The number of nitrogens with one attached hydrogen (secondary N) is 2. The number of rotatable bonds is 9. The van der Waals surface area contributed by atoms with Crippen LogP contribution >= 0.6 is 0 Å². The second-order valence-corrected chi connectivity index (χ2v) is 7.15. The minimum absolute atomic E-state index is 0.107. The summed E-state index contributed by atoms with van der Waals surface area (Å²) in [4.78, 5) is 28.2. The maximum absolute atomic E-state index is 12.1. The monoisotopic (exact) mass is 381 g/mol. The van der Waals surface area contributed by atoms with E-state index < -0.39 is 11.9 Å². The molecule has 1 aromatic carbocycles. The summed E-state index contributed by atoms with van der Waals surface area (Å²) in [5.74, 6) is -0.764. The van der Waals surface area contributed by atoms with Gasteiger partial charge in [0.25, 0.3) is 0 Å². The Morgan fingerprint density at radius 1 is 1.14 bits per heavy atom. The lowest BCUT2D eigenvalue weighted by Gasteiger charge is -2.17. The average molecular weight is 381 g/mol. The number of carboxylic acids is 1. The first-order chi connectivity index (χ1) is 13.6. The number of hydrogen-bond donors (Lipinski definition) is 3. The summed E-state index contributed by atoms with van der Waals surface area (Å²) < 4.78 is 0. The summed E-state index contributed by atoms with van der Waals surface area (Å²) in [5.41, 5.74) is 3.02. The van der Waals surface area contributed by atoms with Crippen molar-refractivity contribution in [3.63, 3.8) is 0 Å². The molecular weight excluding hydrogens is 354 g/mol. The molecule has 0 saturated heterocycles. The first-order valence-electron chi connectivity index (χ1n) is 9.90. The molecule has 0 radical (unpaired) electrons. The van der Waals surface area contributed by atoms with Gasteiger partial charge in [-0.05, 0) is 49.3 Å². The SMILES string of the molecule is O=C(CCCCc1ccc2c(n1)NCCC2)NCC(C(=O)O)c1ccccc1. The number of aliphatic carboxylic acids is 1. The van der Waals surface area contributed by atoms with Crippen LogP contribution in [0.15, 0.2) is 42.5 Å². The van der Waals surface area contributed by atoms with E-state index >= 15 is 0 Å². The van der Waals surface area contributed by atoms with E-state index in [0.717, 1.165) is 50.2 Å². The van der Waals surface area contributed by atoms with Gasteiger partial charge in [0.05, 0.1) is 5.92 Å². The number of carbonyl (C=O) groups is 2. The van der Waals surface area contributed by atoms with Crippen molar-refractivity contribution in [1.82, 2.24) is 10.3 Å². The molecule has 1 aliphatic rings. The third kappa shape index (κ3) is 5.55. The van der Waals surface area contributed by atoms with Crippen LogP contribution in [0.25, 0.3) is 0 Å². The summed E-state index contributed by atoms with van der Waals surface area (Å²) in [6.07, 6.45) is 5.09. The zero-order valence-electron chi connectivity index (χ0n) is 16.0. The minimum atomic E-state index is -0.932. The molecule has 0 saturated carbocycles. The summed E-state index contributed by atoms with van der Waals surface area (Å²) in [6, 6.07) is 13.2. The molecule has 3 N–H and O–H groups in total. The Labute approximate surface area is 165 Å². The van der Waals surface area contributed by atoms with Crippen LogP contribution in [-0.4, -0.2) is 35.1 Å². The van der Waals surface area contributed by atoms with Crippen LogP contribution < -0.4 is 10.6 Å². The predicted molar refractivity (Wildman–Crippen MR) is 108 cm³/mol. The fraction of sp³-hybridized carbons (Fsp3) is 0.409. The van der Waals surface area contributed by atoms with Gasteiger partial charge in [0, 0.05) is 25.2 Å². The molecule has 3 rings (SSSR count). The van der Waals surface area contributed by atoms with Gasteiger partial charge in [-0.2, -0.15) is 0 Å². The Balaban J connectivity index is 1.39. The zero-order valence-corrected chi connectivity index (χ0v) is 16.0. The number of amides is 1. The molecule has 1 unspecified atom stereocenters. The van der Waals surface area contributed by atoms with Crippen LogP contribution in [0.2, 0.25) is 0 Å². The predicted octanol–water partition coefficient (Wildman–Crippen LogP) is 3.14. The van der Waals surface area contributed by atoms with Gasteiger partial charge in [-0.3, -0.25) is 9.59 Å². The highest BCUT2D eigenvalue weighted by molar-refractivity contribution is 5.79. The lowest BCUT2D eigenvalue weighted by molar-refractivity contribution is -0.138. The Morgan fingerprint density at radius 3 is 2.75 bits per heavy atom. The molecule has 148 valence electrons. The van der Waals surface area contributed by atoms with Gasteiger partial charge in [-0.15, -0.1) is 0 Å². The highest BCUT2D eigenvalue weighted by atomic mass is 16.4. The summed E-state index contributed by atoms with van der Waals surface area (Å²) in [5, 5.41) is 15.5. The van der Waals surface area contributed by atoms with Crippen LogP contribution in [0, 0.1) is 0 Å². The van der Waals surface area contributed by atoms with Crippen molar-refractivity contribution in [2.24, 2.45) is 0 Å². The number of anilines is 1. The number of aryl methyl sites for hydroxylation is 2. The van der Waals surface area contributed by atoms with Crippen molar-refractivity contribution in [1.29, 1.82) is 0 Å². The molecule has 6 heteroatoms. The van der Waals surface area contributed by atoms with Crippen LogP contribution in [0.4, 0.5) is 5.82 Å². The fourth-order valence-electron chi connectivity index (χ4n) is 3.44. The molecular formula is C22H27N3O3. The quantitative estimate of drug-likeness (QED) is 0.581. The van der Waals surface area contributed by atoms with Crippen LogP contribution in [-0.2, 0) is 22.4 Å². The molecule has 6 nitrogen and oxygen atoms in total. The zero-order chi connectivity index (χ0) is 19.8. The third-order valence-electron chi connectivity index (χ3n) is 5.04. The maximum atomic E-state index is 12.1. The van der Waals surface area contributed by atoms with Gasteiger partial charge in [0.15, 0.2) is 0 Å². The van der Waals surface area contributed by atoms with E-state index in [0.29, 0.717) is 12.0 Å². The van der Waals surface area contributed by atoms with Gasteiger partial charge in [0.2, 0.25) is 5.91 Å². The van der Waals surface area contributed by atoms with Gasteiger partial charge in [-0.25, -0.2) is 4.98 Å². The fourth-order valence-corrected chi connectivity index (χ4v) is 3.44. The van der Waals surface area contributed by atoms with Crippen molar-refractivity contribution < 1.29 is 14.7 Å². The molecule has 28 heavy (non-hydrogen) atoms. The highest BCUT2D eigenvalue weighted by Crippen LogP contribution is 2.20. The summed E-state index contributed by atoms with van der Waals surface area (Å²) >= 11 is 0. The highest BCUT2D eigenvalue weighted by Gasteiger charge is 2.20. The van der Waals surface area contributed by atoms with Gasteiger partial charge < -0.3 is 15.7 Å². The average Bonchev–Trinajstić information content (AvgIpc) is 2.72. The van der Waals surface area contributed by atoms with E-state index in [-0.39, 0.29) is 12.5 Å². The molecule has 0 spiro atoms. The molecule has 1 amide bonds. The topological polar surface area (TPSA) is 91.3 Å². The maximum Gasteiger partial charge on any atom is 0.312 e. The van der Waals surface area contributed by atoms with E-state index in [1.54, 1.807) is 24.3 Å². The normalized spacial score (nSPS) is 13.9. The Bertz CT molecular complexity index is 808. The second kappa shape index (κ2) is 9.88. The minimum Gasteiger partial charge on any atom is -0.481 e. The van der Waals surface area contributed by atoms with E-state index in [4.69, 9.17) is 0 Å². The van der Waals surface area contributed by atoms with Crippen LogP contribution in [0.5, 0.6) is 0 Å². The largest absolute Gasteiger partial charge is 0.481 e. The molecule has 1 aromatic heterocycles. The molecule has 2 heterocycles. The summed E-state index contributed by atoms with van der Waals surface area (Å²) in [7, 11) is 0. The van der Waals surface area contributed by atoms with Crippen molar-refractivity contribution in [3.8, 4) is 0 Å². The second-order valence-electron chi connectivity index (χ2n) is 7.15. The van der Waals surface area contributed by atoms with E-state index in [9.17, 15) is 14.7 Å². The van der Waals surface area contributed by atoms with Crippen LogP contribution in [0.1, 0.15) is 48.4 Å². The van der Waals surface area contributed by atoms with Gasteiger partial charge in [-0.1, -0.05) is 36.4 Å². The van der Waals surface area contributed by atoms with Crippen molar-refractivity contribution in [2.75, 3.05) is 18.4 Å². The number of carbonyl (C=O) groups excluding carboxylic acids is 1. The number of nitrogens with zero attached hydrogens (tertiary/aromatic N) is 1. The first-order valence-corrected chi connectivity index (χ1v) is 9.90. The number of hydrogen-bond acceptors (Lipinski definition) is 4. The van der Waals surface area contributed by atoms with Gasteiger partial charge >= 0.3 is 5.97 Å². The standard InChI is InChI=1S/C22H27N3O3/c26-20(24-15-19(22(27)28)16-7-2-1-3-8-16)11-5-4-10-18-13-12-17-9-6-14-23-21(17)25-18/h1-3,7-8,12-13,19H,4-6,9-11,14-15H2,(H,23,25)(H,24,26)(H,27,28). The van der Waals surface area contributed by atoms with Crippen molar-refractivity contribution in [3.05, 3.63) is 59.3 Å². The Hall–Kier alpha value is -2.89. The van der Waals surface area contributed by atoms with Crippen LogP contribution in [0.3, 0.4) is 0 Å². The summed E-state index contributed by atoms with van der Waals surface area (Å²) in [6.45, 7) is 1.08.